The fourth-order valence-electron chi connectivity index (χ4n) is 11.9. The topological polar surface area (TPSA) is 258 Å². The molecule has 0 saturated carbocycles. The average molecular weight is 1640 g/mol. The van der Waals surface area contributed by atoms with E-state index in [4.69, 9.17) is 41.2 Å². The third-order valence-corrected chi connectivity index (χ3v) is 16.3. The Bertz CT molecular complexity index is 2980. The molecule has 6 aromatic rings. The van der Waals surface area contributed by atoms with Crippen molar-refractivity contribution >= 4 is 120 Å². The Morgan fingerprint density at radius 3 is 1.36 bits per heavy atom. The first-order valence-electron chi connectivity index (χ1n) is 29.1. The van der Waals surface area contributed by atoms with E-state index in [2.05, 4.69) is 120 Å². The van der Waals surface area contributed by atoms with Crippen LogP contribution in [0.15, 0.2) is 109 Å². The molecule has 0 atom stereocenters. The molecule has 14 N–H and O–H groups in total. The zero-order valence-corrected chi connectivity index (χ0v) is 63.0. The second-order valence-corrected chi connectivity index (χ2v) is 22.0. The van der Waals surface area contributed by atoms with E-state index in [9.17, 15) is 9.59 Å². The van der Waals surface area contributed by atoms with Crippen molar-refractivity contribution in [1.82, 2.24) is 0 Å². The zero-order valence-electron chi connectivity index (χ0n) is 50.2. The van der Waals surface area contributed by atoms with Crippen molar-refractivity contribution in [2.75, 3.05) is 71.8 Å². The number of aliphatic hydroxyl groups is 2. The van der Waals surface area contributed by atoms with Crippen LogP contribution < -0.4 is 76.1 Å². The van der Waals surface area contributed by atoms with Crippen LogP contribution in [-0.2, 0) is 57.8 Å². The Morgan fingerprint density at radius 2 is 0.845 bits per heavy atom. The largest absolute Gasteiger partial charge is 0.480 e. The van der Waals surface area contributed by atoms with Crippen molar-refractivity contribution in [1.29, 1.82) is 0 Å². The minimum absolute atomic E-state index is 0. The summed E-state index contributed by atoms with van der Waals surface area (Å²) < 4.78 is 10.9. The molecular formula is C60H82B6N8O8Rf2. The fraction of sp³-hybridized carbons (Fsp3) is 0.367. The van der Waals surface area contributed by atoms with Gasteiger partial charge in [0.2, 0.25) is 0 Å². The maximum atomic E-state index is 10.5. The number of anilines is 6. The van der Waals surface area contributed by atoms with Crippen LogP contribution in [0.5, 0.6) is 0 Å². The normalized spacial score (nSPS) is 13.9. The van der Waals surface area contributed by atoms with Gasteiger partial charge < -0.3 is 73.1 Å². The van der Waals surface area contributed by atoms with Crippen molar-refractivity contribution < 1.29 is 39.3 Å². The SMILES string of the molecule is CB1CCc2ccc(NCN)cc21.CB1CCc2ccc(NCO)cc21.CB1CCc2cccc(NCN)c21.CB1CCc2cccc(NCO)c21.CB1OCc2ccc(NCC(=O)O)cc21.CB1OCc2cccc(NCC(=O)O)c21.[Rf].[Rf]. The molecule has 12 rings (SSSR count). The number of carboxylic acids is 2. The zero-order chi connectivity index (χ0) is 58.7. The Hall–Kier alpha value is -8.79. The van der Waals surface area contributed by atoms with E-state index < -0.39 is 11.9 Å². The van der Waals surface area contributed by atoms with E-state index in [1.54, 1.807) is 0 Å². The summed E-state index contributed by atoms with van der Waals surface area (Å²) >= 11 is 0. The van der Waals surface area contributed by atoms with E-state index in [0.29, 0.717) is 46.7 Å². The van der Waals surface area contributed by atoms with Crippen LogP contribution in [0.2, 0.25) is 66.2 Å². The van der Waals surface area contributed by atoms with Gasteiger partial charge in [-0.15, -0.1) is 0 Å². The number of nitrogens with one attached hydrogen (secondary N) is 6. The van der Waals surface area contributed by atoms with Crippen LogP contribution in [0.25, 0.3) is 0 Å². The molecule has 6 aliphatic heterocycles. The summed E-state index contributed by atoms with van der Waals surface area (Å²) in [4.78, 5) is 20.8. The van der Waals surface area contributed by atoms with E-state index >= 15 is 0 Å². The first kappa shape index (κ1) is 66.0. The molecular weight excluding hydrogens is 1560 g/mol. The first-order valence-corrected chi connectivity index (χ1v) is 29.1. The first-order chi connectivity index (χ1) is 39.6. The smallest absolute Gasteiger partial charge is 0.326 e. The molecule has 24 heteroatoms. The number of aryl methyl sites for hydroxylation is 4. The van der Waals surface area contributed by atoms with E-state index in [1.165, 1.54) is 106 Å². The molecule has 0 bridgehead atoms. The number of fused-ring (bicyclic) bond motifs is 6. The van der Waals surface area contributed by atoms with Gasteiger partial charge in [-0.2, -0.15) is 0 Å². The van der Waals surface area contributed by atoms with E-state index in [1.807, 2.05) is 62.2 Å². The van der Waals surface area contributed by atoms with Gasteiger partial charge in [-0.3, -0.25) is 9.59 Å². The van der Waals surface area contributed by atoms with Gasteiger partial charge in [0.1, 0.15) is 26.6 Å². The number of rotatable bonds is 14. The Labute approximate surface area is 487 Å². The van der Waals surface area contributed by atoms with Crippen LogP contribution in [0.1, 0.15) is 33.4 Å². The minimum Gasteiger partial charge on any atom is -0.480 e. The van der Waals surface area contributed by atoms with Crippen LogP contribution >= 0.6 is 0 Å². The molecule has 0 amide bonds. The summed E-state index contributed by atoms with van der Waals surface area (Å²) in [6.07, 6.45) is 9.90. The summed E-state index contributed by atoms with van der Waals surface area (Å²) in [7, 11) is 0. The average Bonchev–Trinajstić information content (AvgIpc) is 4.24. The maximum Gasteiger partial charge on any atom is 0.326 e. The molecule has 0 spiro atoms. The fourth-order valence-corrected chi connectivity index (χ4v) is 11.9. The van der Waals surface area contributed by atoms with Crippen LogP contribution in [-0.4, -0.2) is 113 Å². The van der Waals surface area contributed by atoms with Gasteiger partial charge in [0.05, 0.1) is 26.6 Å². The number of carboxylic acid groups (broad SMARTS) is 2. The standard InChI is InChI=1S/2C10H15BN2.2C10H12BNO3.2C10H14BNO.2Rf/c1-11-5-4-8-2-3-9(13-7-12)6-10(8)11;1-11-6-5-8-3-2-4-9(10(8)11)13-7-12;1-11-9-4-8(12-5-10(13)14)3-2-7(9)6-15-11;1-11-10-7(6-15-11)3-2-4-8(10)12-5-9(13)14;1-11-5-4-8-2-3-9(12-7-13)6-10(8)11;1-11-6-5-8-3-2-4-9(10(8)11)12-7-13;;/h2-3,6,13H,4-5,7,12H2,1H3;2-4,13H,5-7,12H2,1H3;2*2-4,12H,5-6H2,1H3,(H,13,14);2-3,6,12-13H,4-5,7H2,1H3;2-4,12-13H,5-7H2,1H3;;. The number of hydrogen-bond acceptors (Lipinski definition) is 14. The van der Waals surface area contributed by atoms with Crippen LogP contribution in [0, 0.1) is 0 Å². The summed E-state index contributed by atoms with van der Waals surface area (Å²) in [5, 5.41) is 52.7. The maximum absolute atomic E-state index is 10.5. The van der Waals surface area contributed by atoms with Crippen molar-refractivity contribution in [3.63, 3.8) is 0 Å². The summed E-state index contributed by atoms with van der Waals surface area (Å²) in [6, 6.07) is 37.2. The van der Waals surface area contributed by atoms with Gasteiger partial charge >= 0.3 is 25.8 Å². The van der Waals surface area contributed by atoms with E-state index in [-0.39, 0.29) is 40.4 Å². The van der Waals surface area contributed by atoms with Gasteiger partial charge in [0, 0.05) is 34.1 Å². The Morgan fingerprint density at radius 1 is 0.440 bits per heavy atom. The van der Waals surface area contributed by atoms with E-state index in [0.717, 1.165) is 51.6 Å². The van der Waals surface area contributed by atoms with Crippen LogP contribution in [0.3, 0.4) is 0 Å². The third-order valence-electron chi connectivity index (χ3n) is 16.3. The third kappa shape index (κ3) is 17.4. The van der Waals surface area contributed by atoms with Crippen molar-refractivity contribution in [2.24, 2.45) is 11.5 Å². The summed E-state index contributed by atoms with van der Waals surface area (Å²) in [5.74, 6) is -1.72. The summed E-state index contributed by atoms with van der Waals surface area (Å²) in [6.45, 7) is 18.1. The molecule has 0 unspecified atom stereocenters. The number of aliphatic carboxylic acids is 2. The number of carbonyl (C=O) groups is 2. The van der Waals surface area contributed by atoms with Crippen molar-refractivity contribution in [3.05, 3.63) is 143 Å². The molecule has 84 heavy (non-hydrogen) atoms. The molecule has 432 valence electrons. The minimum atomic E-state index is -0.862. The van der Waals surface area contributed by atoms with Gasteiger partial charge in [0.15, 0.2) is 26.9 Å². The van der Waals surface area contributed by atoms with Gasteiger partial charge in [-0.05, 0) is 102 Å². The molecule has 6 aliphatic rings. The molecule has 16 nitrogen and oxygen atoms in total. The molecule has 0 aliphatic carbocycles. The molecule has 0 saturated heterocycles. The molecule has 6 aromatic carbocycles. The molecule has 6 heterocycles. The number of benzene rings is 6. The molecule has 0 fully saturated rings. The molecule has 0 aromatic heterocycles. The monoisotopic (exact) mass is 1640 g/mol. The van der Waals surface area contributed by atoms with Gasteiger partial charge in [-0.25, -0.2) is 0 Å². The number of aliphatic hydroxyl groups excluding tert-OH is 2. The second-order valence-electron chi connectivity index (χ2n) is 22.0. The van der Waals surface area contributed by atoms with Gasteiger partial charge in [-0.1, -0.05) is 165 Å². The van der Waals surface area contributed by atoms with Crippen molar-refractivity contribution in [2.45, 2.75) is 105 Å². The van der Waals surface area contributed by atoms with Crippen molar-refractivity contribution in [3.8, 4) is 0 Å². The molecule has 0 radical (unpaired) electrons. The Balaban J connectivity index is 0.000000184. The predicted octanol–water partition coefficient (Wildman–Crippen LogP) is 4.76. The number of hydrogen-bond donors (Lipinski definition) is 12. The quantitative estimate of drug-likeness (QED) is 0.0519. The Kier molecular flexibility index (Phi) is 25.3. The second kappa shape index (κ2) is 32.2. The predicted molar refractivity (Wildman–Crippen MR) is 349 cm³/mol. The van der Waals surface area contributed by atoms with Gasteiger partial charge in [0.25, 0.3) is 0 Å². The summed E-state index contributed by atoms with van der Waals surface area (Å²) in [5.41, 5.74) is 33.4. The number of nitrogens with two attached hydrogens (primary N) is 2. The van der Waals surface area contributed by atoms with Crippen LogP contribution in [0.4, 0.5) is 34.1 Å².